The molecule has 8 N–H and O–H groups in total. The van der Waals surface area contributed by atoms with E-state index in [2.05, 4.69) is 25.5 Å². The number of alkyl halides is 3. The molecule has 1 aliphatic carbocycles. The molecule has 0 spiro atoms. The van der Waals surface area contributed by atoms with Gasteiger partial charge in [0.05, 0.1) is 48.0 Å². The number of aromatic nitrogens is 3. The van der Waals surface area contributed by atoms with Crippen molar-refractivity contribution in [2.24, 2.45) is 11.3 Å². The van der Waals surface area contributed by atoms with Crippen molar-refractivity contribution in [2.75, 3.05) is 56.3 Å². The van der Waals surface area contributed by atoms with Gasteiger partial charge in [-0.1, -0.05) is 6.07 Å². The number of carbonyl (C=O) groups is 1. The first-order valence-electron chi connectivity index (χ1n) is 21.3. The summed E-state index contributed by atoms with van der Waals surface area (Å²) >= 11 is 0. The van der Waals surface area contributed by atoms with Crippen LogP contribution in [-0.2, 0) is 11.0 Å². The molecule has 18 heteroatoms. The van der Waals surface area contributed by atoms with Gasteiger partial charge in [-0.3, -0.25) is 14.7 Å². The van der Waals surface area contributed by atoms with E-state index in [0.29, 0.717) is 95.9 Å². The summed E-state index contributed by atoms with van der Waals surface area (Å²) in [7, 11) is 3.36. The molecule has 3 unspecified atom stereocenters. The first kappa shape index (κ1) is 43.9. The summed E-state index contributed by atoms with van der Waals surface area (Å²) in [5, 5.41) is 50.6. The molecule has 0 radical (unpaired) electrons. The second kappa shape index (κ2) is 17.1. The summed E-state index contributed by atoms with van der Waals surface area (Å²) in [6.45, 7) is 5.60. The Hall–Kier alpha value is -5.72. The van der Waals surface area contributed by atoms with Gasteiger partial charge in [0.15, 0.2) is 11.5 Å². The van der Waals surface area contributed by atoms with Gasteiger partial charge in [-0.25, -0.2) is 9.97 Å². The van der Waals surface area contributed by atoms with Crippen LogP contribution in [-0.4, -0.2) is 98.6 Å². The number of aryl methyl sites for hydroxylation is 1. The second-order valence-electron chi connectivity index (χ2n) is 17.6. The highest BCUT2D eigenvalue weighted by molar-refractivity contribution is 6.02. The smallest absolute Gasteiger partial charge is 0.416 e. The zero-order valence-electron chi connectivity index (χ0n) is 35.7. The molecule has 1 saturated carbocycles. The number of nitrogens with zero attached hydrogens (tertiary/aromatic N) is 5. The number of methoxy groups -OCH3 is 1. The Morgan fingerprint density at radius 1 is 1.03 bits per heavy atom. The SMILES string of the molecule is COc1cc2nc(C)nc(N[C@H](C)c3cc(N)cc(C(F)(F)F)c3)c2cc1OCC1(CN(C)C(=O)CC2CCN(c3cccc4c(O)n(C5CCC(O)NC5O)c(O)c34)CC2)CC1. The Kier molecular flexibility index (Phi) is 11.9. The van der Waals surface area contributed by atoms with Gasteiger partial charge in [0.2, 0.25) is 17.7 Å². The number of fused-ring (bicyclic) bond motifs is 2. The van der Waals surface area contributed by atoms with Gasteiger partial charge in [0, 0.05) is 61.0 Å². The lowest BCUT2D eigenvalue weighted by Gasteiger charge is -2.35. The molecule has 2 saturated heterocycles. The minimum Gasteiger partial charge on any atom is -0.494 e. The number of hydrogen-bond donors (Lipinski definition) is 7. The van der Waals surface area contributed by atoms with Crippen molar-refractivity contribution in [3.63, 3.8) is 0 Å². The molecule has 1 amide bonds. The number of piperidine rings is 2. The molecule has 0 bridgehead atoms. The summed E-state index contributed by atoms with van der Waals surface area (Å²) in [4.78, 5) is 26.8. The standard InChI is InChI=1S/C45H55F3N8O7/c1-24(27-17-28(45(46,47)48)19-29(49)18-27)50-40-31-20-36(35(62-4)21-32(31)51-25(2)52-40)63-23-44(12-13-44)22-54(3)38(58)16-26-10-14-55(15-11-26)33-7-5-6-30-39(33)43(61)56(42(30)60)34-8-9-37(57)53-41(34)59/h5-7,17-21,24,26,34,37,41,53,57,59-61H,8-16,22-23,49H2,1-4H3,(H,50,51,52)/t24-,34?,37?,41?/m1/s1. The van der Waals surface area contributed by atoms with E-state index in [-0.39, 0.29) is 34.7 Å². The number of hydrogen-bond acceptors (Lipinski definition) is 13. The lowest BCUT2D eigenvalue weighted by atomic mass is 9.92. The average molecular weight is 877 g/mol. The number of aromatic hydroxyl groups is 2. The maximum atomic E-state index is 13.7. The summed E-state index contributed by atoms with van der Waals surface area (Å²) in [6.07, 6.45) is -2.20. The minimum atomic E-state index is -4.55. The molecule has 2 aromatic heterocycles. The van der Waals surface area contributed by atoms with Crippen LogP contribution in [0.15, 0.2) is 48.5 Å². The molecule has 4 heterocycles. The van der Waals surface area contributed by atoms with Gasteiger partial charge >= 0.3 is 6.18 Å². The van der Waals surface area contributed by atoms with Crippen molar-refractivity contribution < 1.29 is 47.9 Å². The fraction of sp³-hybridized carbons (Fsp3) is 0.489. The van der Waals surface area contributed by atoms with Crippen LogP contribution in [0.4, 0.5) is 30.4 Å². The van der Waals surface area contributed by atoms with E-state index in [9.17, 15) is 38.4 Å². The Labute approximate surface area is 362 Å². The summed E-state index contributed by atoms with van der Waals surface area (Å²) in [5.74, 6) is 1.69. The fourth-order valence-electron chi connectivity index (χ4n) is 9.18. The van der Waals surface area contributed by atoms with Crippen molar-refractivity contribution in [3.8, 4) is 23.3 Å². The van der Waals surface area contributed by atoms with E-state index in [0.717, 1.165) is 43.5 Å². The summed E-state index contributed by atoms with van der Waals surface area (Å²) in [5.41, 5.74) is 6.45. The van der Waals surface area contributed by atoms with Crippen LogP contribution in [0, 0.1) is 18.3 Å². The van der Waals surface area contributed by atoms with Crippen molar-refractivity contribution in [1.82, 2.24) is 24.8 Å². The number of nitrogen functional groups attached to an aromatic ring is 1. The number of ether oxygens (including phenoxy) is 2. The van der Waals surface area contributed by atoms with Gasteiger partial charge in [0.25, 0.3) is 0 Å². The third kappa shape index (κ3) is 9.06. The zero-order valence-corrected chi connectivity index (χ0v) is 35.7. The molecule has 63 heavy (non-hydrogen) atoms. The first-order chi connectivity index (χ1) is 29.9. The topological polar surface area (TPSA) is 204 Å². The quantitative estimate of drug-likeness (QED) is 0.0627. The van der Waals surface area contributed by atoms with Crippen molar-refractivity contribution >= 4 is 44.8 Å². The van der Waals surface area contributed by atoms with E-state index in [1.54, 1.807) is 36.9 Å². The maximum Gasteiger partial charge on any atom is 0.416 e. The monoisotopic (exact) mass is 876 g/mol. The van der Waals surface area contributed by atoms with Crippen LogP contribution in [0.1, 0.15) is 80.9 Å². The van der Waals surface area contributed by atoms with Crippen LogP contribution < -0.4 is 30.7 Å². The number of benzene rings is 3. The average Bonchev–Trinajstić information content (AvgIpc) is 3.96. The number of anilines is 3. The maximum absolute atomic E-state index is 13.7. The Balaban J connectivity index is 0.893. The molecular formula is C45H55F3N8O7. The molecule has 3 aliphatic rings. The van der Waals surface area contributed by atoms with Gasteiger partial charge < -0.3 is 50.8 Å². The third-order valence-corrected chi connectivity index (χ3v) is 12.9. The number of aliphatic hydroxyl groups excluding tert-OH is 2. The van der Waals surface area contributed by atoms with Crippen molar-refractivity contribution in [3.05, 3.63) is 65.5 Å². The highest BCUT2D eigenvalue weighted by atomic mass is 19.4. The number of rotatable bonds is 13. The van der Waals surface area contributed by atoms with Crippen LogP contribution in [0.2, 0.25) is 0 Å². The molecule has 4 atom stereocenters. The molecule has 338 valence electrons. The minimum absolute atomic E-state index is 0.00202. The number of aliphatic hydroxyl groups is 2. The van der Waals surface area contributed by atoms with Gasteiger partial charge in [-0.15, -0.1) is 0 Å². The first-order valence-corrected chi connectivity index (χ1v) is 21.3. The number of carbonyl (C=O) groups excluding carboxylic acids is 1. The molecule has 3 fully saturated rings. The Bertz CT molecular complexity index is 2510. The summed E-state index contributed by atoms with van der Waals surface area (Å²) in [6, 6.07) is 11.2. The van der Waals surface area contributed by atoms with Crippen LogP contribution >= 0.6 is 0 Å². The highest BCUT2D eigenvalue weighted by Crippen LogP contribution is 2.49. The number of halogens is 3. The lowest BCUT2D eigenvalue weighted by molar-refractivity contribution is -0.137. The molecule has 8 rings (SSSR count). The lowest BCUT2D eigenvalue weighted by Crippen LogP contribution is -2.47. The zero-order chi connectivity index (χ0) is 45.0. The van der Waals surface area contributed by atoms with Crippen LogP contribution in [0.5, 0.6) is 23.3 Å². The van der Waals surface area contributed by atoms with E-state index in [4.69, 9.17) is 15.2 Å². The second-order valence-corrected chi connectivity index (χ2v) is 17.6. The predicted molar refractivity (Wildman–Crippen MR) is 232 cm³/mol. The number of nitrogens with two attached hydrogens (primary N) is 1. The van der Waals surface area contributed by atoms with E-state index in [1.807, 2.05) is 19.2 Å². The highest BCUT2D eigenvalue weighted by Gasteiger charge is 2.45. The van der Waals surface area contributed by atoms with Gasteiger partial charge in [-0.05, 0) is 100 Å². The van der Waals surface area contributed by atoms with E-state index >= 15 is 0 Å². The summed E-state index contributed by atoms with van der Waals surface area (Å²) < 4.78 is 54.2. The number of amides is 1. The number of nitrogens with one attached hydrogen (secondary N) is 2. The normalized spacial score (nSPS) is 20.8. The molecule has 5 aromatic rings. The Morgan fingerprint density at radius 3 is 2.46 bits per heavy atom. The molecular weight excluding hydrogens is 822 g/mol. The third-order valence-electron chi connectivity index (χ3n) is 12.9. The van der Waals surface area contributed by atoms with E-state index in [1.165, 1.54) is 17.7 Å². The predicted octanol–water partition coefficient (Wildman–Crippen LogP) is 6.57. The molecule has 15 nitrogen and oxygen atoms in total. The van der Waals surface area contributed by atoms with Gasteiger partial charge in [0.1, 0.15) is 24.1 Å². The van der Waals surface area contributed by atoms with Crippen LogP contribution in [0.3, 0.4) is 0 Å². The van der Waals surface area contributed by atoms with Gasteiger partial charge in [-0.2, -0.15) is 13.2 Å². The Morgan fingerprint density at radius 2 is 1.78 bits per heavy atom. The largest absolute Gasteiger partial charge is 0.494 e. The molecule has 3 aromatic carbocycles. The van der Waals surface area contributed by atoms with Crippen molar-refractivity contribution in [2.45, 2.75) is 89.5 Å². The van der Waals surface area contributed by atoms with Crippen molar-refractivity contribution in [1.29, 1.82) is 0 Å². The molecule has 2 aliphatic heterocycles. The van der Waals surface area contributed by atoms with E-state index < -0.39 is 36.3 Å². The fourth-order valence-corrected chi connectivity index (χ4v) is 9.18. The van der Waals surface area contributed by atoms with Crippen LogP contribution in [0.25, 0.3) is 21.7 Å².